The zero-order chi connectivity index (χ0) is 22.1. The number of hydrogen-bond acceptors (Lipinski definition) is 7. The molecule has 0 saturated carbocycles. The van der Waals surface area contributed by atoms with Gasteiger partial charge in [-0.2, -0.15) is 0 Å². The molecule has 0 spiro atoms. The average molecular weight is 416 g/mol. The first-order valence-corrected chi connectivity index (χ1v) is 8.83. The molecule has 1 aliphatic heterocycles. The van der Waals surface area contributed by atoms with Crippen LogP contribution in [0.3, 0.4) is 0 Å². The van der Waals surface area contributed by atoms with Crippen molar-refractivity contribution in [1.29, 1.82) is 0 Å². The van der Waals surface area contributed by atoms with Crippen LogP contribution in [-0.2, 0) is 28.8 Å². The van der Waals surface area contributed by atoms with Crippen LogP contribution in [0.4, 0.5) is 0 Å². The maximum atomic E-state index is 12.8. The first-order chi connectivity index (χ1) is 13.6. The number of carboxylic acid groups (broad SMARTS) is 3. The molecule has 162 valence electrons. The molecule has 1 aliphatic rings. The molecule has 7 N–H and O–H groups in total. The second-order valence-electron chi connectivity index (χ2n) is 6.44. The highest BCUT2D eigenvalue weighted by molar-refractivity contribution is 5.94. The number of carbonyl (C=O) groups excluding carboxylic acids is 3. The van der Waals surface area contributed by atoms with Crippen molar-refractivity contribution in [2.45, 2.75) is 50.2 Å². The highest BCUT2D eigenvalue weighted by atomic mass is 16.4. The van der Waals surface area contributed by atoms with E-state index < -0.39 is 73.1 Å². The van der Waals surface area contributed by atoms with Crippen molar-refractivity contribution in [1.82, 2.24) is 15.5 Å². The fourth-order valence-corrected chi connectivity index (χ4v) is 2.92. The van der Waals surface area contributed by atoms with Gasteiger partial charge in [0.2, 0.25) is 17.7 Å². The lowest BCUT2D eigenvalue weighted by molar-refractivity contribution is -0.148. The van der Waals surface area contributed by atoms with Gasteiger partial charge < -0.3 is 36.6 Å². The third-order valence-electron chi connectivity index (χ3n) is 4.30. The summed E-state index contributed by atoms with van der Waals surface area (Å²) in [5.41, 5.74) is 5.21. The number of nitrogens with zero attached hydrogens (tertiary/aromatic N) is 1. The Kier molecular flexibility index (Phi) is 8.99. The molecule has 0 aliphatic carbocycles. The first-order valence-electron chi connectivity index (χ1n) is 8.83. The molecule has 0 aromatic heterocycles. The van der Waals surface area contributed by atoms with E-state index in [2.05, 4.69) is 10.6 Å². The van der Waals surface area contributed by atoms with Gasteiger partial charge in [0.05, 0.1) is 13.0 Å². The van der Waals surface area contributed by atoms with E-state index in [9.17, 15) is 28.8 Å². The molecular weight excluding hydrogens is 392 g/mol. The highest BCUT2D eigenvalue weighted by Crippen LogP contribution is 2.20. The zero-order valence-electron chi connectivity index (χ0n) is 15.5. The summed E-state index contributed by atoms with van der Waals surface area (Å²) in [6.07, 6.45) is -0.854. The molecule has 0 bridgehead atoms. The SMILES string of the molecule is NCC(=O)NC(CCC(=O)O)C(=O)N1CCCC1C(=O)NC(CC(=O)O)C(=O)O. The zero-order valence-corrected chi connectivity index (χ0v) is 15.5. The van der Waals surface area contributed by atoms with Gasteiger partial charge in [0.25, 0.3) is 0 Å². The molecule has 3 amide bonds. The van der Waals surface area contributed by atoms with Crippen LogP contribution in [0, 0.1) is 0 Å². The van der Waals surface area contributed by atoms with Crippen LogP contribution in [0.15, 0.2) is 0 Å². The van der Waals surface area contributed by atoms with E-state index in [1.165, 1.54) is 0 Å². The first kappa shape index (κ1) is 23.8. The van der Waals surface area contributed by atoms with Gasteiger partial charge in [-0.25, -0.2) is 4.79 Å². The lowest BCUT2D eigenvalue weighted by Crippen LogP contribution is -2.56. The van der Waals surface area contributed by atoms with Crippen molar-refractivity contribution < 1.29 is 44.1 Å². The quantitative estimate of drug-likeness (QED) is 0.205. The molecule has 0 aromatic rings. The van der Waals surface area contributed by atoms with Crippen LogP contribution >= 0.6 is 0 Å². The van der Waals surface area contributed by atoms with E-state index in [0.717, 1.165) is 4.90 Å². The highest BCUT2D eigenvalue weighted by Gasteiger charge is 2.39. The number of amides is 3. The summed E-state index contributed by atoms with van der Waals surface area (Å²) in [5, 5.41) is 31.1. The molecule has 1 rings (SSSR count). The van der Waals surface area contributed by atoms with Crippen LogP contribution in [-0.4, -0.2) is 87.1 Å². The Hall–Kier alpha value is -3.22. The van der Waals surface area contributed by atoms with Gasteiger partial charge in [-0.05, 0) is 19.3 Å². The number of nitrogens with two attached hydrogens (primary N) is 1. The van der Waals surface area contributed by atoms with Gasteiger partial charge >= 0.3 is 17.9 Å². The molecule has 13 nitrogen and oxygen atoms in total. The Morgan fingerprint density at radius 2 is 1.66 bits per heavy atom. The third-order valence-corrected chi connectivity index (χ3v) is 4.30. The number of carbonyl (C=O) groups is 6. The summed E-state index contributed by atoms with van der Waals surface area (Å²) in [4.78, 5) is 70.7. The lowest BCUT2D eigenvalue weighted by atomic mass is 10.1. The molecule has 0 aromatic carbocycles. The average Bonchev–Trinajstić information content (AvgIpc) is 3.12. The van der Waals surface area contributed by atoms with Crippen LogP contribution < -0.4 is 16.4 Å². The van der Waals surface area contributed by atoms with Gasteiger partial charge in [0, 0.05) is 13.0 Å². The molecule has 1 saturated heterocycles. The van der Waals surface area contributed by atoms with Crippen LogP contribution in [0.2, 0.25) is 0 Å². The van der Waals surface area contributed by atoms with Crippen molar-refractivity contribution in [3.63, 3.8) is 0 Å². The lowest BCUT2D eigenvalue weighted by Gasteiger charge is -2.29. The predicted molar refractivity (Wildman–Crippen MR) is 94.4 cm³/mol. The smallest absolute Gasteiger partial charge is 0.326 e. The van der Waals surface area contributed by atoms with E-state index in [1.807, 2.05) is 0 Å². The second kappa shape index (κ2) is 10.9. The molecule has 29 heavy (non-hydrogen) atoms. The van der Waals surface area contributed by atoms with Crippen molar-refractivity contribution >= 4 is 35.6 Å². The van der Waals surface area contributed by atoms with Gasteiger partial charge in [-0.1, -0.05) is 0 Å². The van der Waals surface area contributed by atoms with Gasteiger partial charge in [-0.3, -0.25) is 24.0 Å². The van der Waals surface area contributed by atoms with E-state index in [1.54, 1.807) is 0 Å². The molecule has 3 atom stereocenters. The van der Waals surface area contributed by atoms with Crippen LogP contribution in [0.5, 0.6) is 0 Å². The van der Waals surface area contributed by atoms with Gasteiger partial charge in [0.1, 0.15) is 18.1 Å². The number of rotatable bonds is 11. The Labute approximate surface area is 165 Å². The minimum atomic E-state index is -1.67. The van der Waals surface area contributed by atoms with Crippen molar-refractivity contribution in [3.8, 4) is 0 Å². The van der Waals surface area contributed by atoms with Crippen molar-refractivity contribution in [2.75, 3.05) is 13.1 Å². The molecular formula is C16H24N4O9. The summed E-state index contributed by atoms with van der Waals surface area (Å²) in [6.45, 7) is -0.286. The Morgan fingerprint density at radius 3 is 2.17 bits per heavy atom. The maximum absolute atomic E-state index is 12.8. The van der Waals surface area contributed by atoms with E-state index >= 15 is 0 Å². The minimum absolute atomic E-state index is 0.135. The van der Waals surface area contributed by atoms with Crippen molar-refractivity contribution in [3.05, 3.63) is 0 Å². The normalized spacial score (nSPS) is 17.8. The standard InChI is InChI=1S/C16H24N4O9/c17-7-11(21)18-8(3-4-12(22)23)15(27)20-5-1-2-10(20)14(26)19-9(16(28)29)6-13(24)25/h8-10H,1-7,17H2,(H,18,21)(H,19,26)(H,22,23)(H,24,25)(H,28,29). The number of likely N-dealkylation sites (tertiary alicyclic amines) is 1. The number of aliphatic carboxylic acids is 3. The summed E-state index contributed by atoms with van der Waals surface area (Å²) in [7, 11) is 0. The Balaban J connectivity index is 2.92. The van der Waals surface area contributed by atoms with Crippen LogP contribution in [0.25, 0.3) is 0 Å². The van der Waals surface area contributed by atoms with Gasteiger partial charge in [0.15, 0.2) is 0 Å². The van der Waals surface area contributed by atoms with E-state index in [4.69, 9.17) is 21.1 Å². The summed E-state index contributed by atoms with van der Waals surface area (Å²) < 4.78 is 0. The molecule has 1 fully saturated rings. The summed E-state index contributed by atoms with van der Waals surface area (Å²) >= 11 is 0. The number of hydrogen-bond donors (Lipinski definition) is 6. The van der Waals surface area contributed by atoms with Crippen LogP contribution in [0.1, 0.15) is 32.1 Å². The van der Waals surface area contributed by atoms with E-state index in [-0.39, 0.29) is 19.4 Å². The minimum Gasteiger partial charge on any atom is -0.481 e. The Morgan fingerprint density at radius 1 is 1.00 bits per heavy atom. The summed E-state index contributed by atoms with van der Waals surface area (Å²) in [6, 6.07) is -3.96. The van der Waals surface area contributed by atoms with Crippen molar-refractivity contribution in [2.24, 2.45) is 5.73 Å². The van der Waals surface area contributed by atoms with Gasteiger partial charge in [-0.15, -0.1) is 0 Å². The molecule has 1 heterocycles. The fraction of sp³-hybridized carbons (Fsp3) is 0.625. The maximum Gasteiger partial charge on any atom is 0.326 e. The second-order valence-corrected chi connectivity index (χ2v) is 6.44. The predicted octanol–water partition coefficient (Wildman–Crippen LogP) is -2.67. The Bertz CT molecular complexity index is 681. The van der Waals surface area contributed by atoms with E-state index in [0.29, 0.717) is 6.42 Å². The number of nitrogens with one attached hydrogen (secondary N) is 2. The third kappa shape index (κ3) is 7.37. The fourth-order valence-electron chi connectivity index (χ4n) is 2.92. The number of carboxylic acids is 3. The molecule has 13 heteroatoms. The monoisotopic (exact) mass is 416 g/mol. The largest absolute Gasteiger partial charge is 0.481 e. The topological polar surface area (TPSA) is 216 Å². The summed E-state index contributed by atoms with van der Waals surface area (Å²) in [5.74, 6) is -6.36. The molecule has 0 radical (unpaired) electrons. The molecule has 3 unspecified atom stereocenters.